The minimum Gasteiger partial charge on any atom is -0.354 e. The zero-order valence-electron chi connectivity index (χ0n) is 14.0. The van der Waals surface area contributed by atoms with Gasteiger partial charge in [-0.25, -0.2) is 0 Å². The predicted octanol–water partition coefficient (Wildman–Crippen LogP) is 3.09. The van der Waals surface area contributed by atoms with Crippen molar-refractivity contribution in [1.29, 1.82) is 0 Å². The molecule has 3 rings (SSSR count). The second-order valence-corrected chi connectivity index (χ2v) is 8.10. The molecule has 126 valence electrons. The fourth-order valence-corrected chi connectivity index (χ4v) is 4.06. The summed E-state index contributed by atoms with van der Waals surface area (Å²) in [6, 6.07) is 18.3. The highest BCUT2D eigenvalue weighted by Crippen LogP contribution is 2.47. The molecule has 1 amide bonds. The largest absolute Gasteiger partial charge is 0.354 e. The van der Waals surface area contributed by atoms with E-state index >= 15 is 0 Å². The molecule has 24 heavy (non-hydrogen) atoms. The summed E-state index contributed by atoms with van der Waals surface area (Å²) >= 11 is 0. The molecule has 0 saturated heterocycles. The molecule has 3 nitrogen and oxygen atoms in total. The third-order valence-electron chi connectivity index (χ3n) is 4.57. The average Bonchev–Trinajstić information content (AvgIpc) is 3.35. The van der Waals surface area contributed by atoms with Crippen LogP contribution in [0.4, 0.5) is 0 Å². The molecule has 2 aromatic rings. The van der Waals surface area contributed by atoms with Crippen LogP contribution in [0.5, 0.6) is 0 Å². The smallest absolute Gasteiger partial charge is 0.232 e. The summed E-state index contributed by atoms with van der Waals surface area (Å²) in [6.45, 7) is 2.65. The molecule has 0 heterocycles. The SMILES string of the molecule is Cc1cccc(CS(=O)CC(=O)NCC2(c3ccccc3)CC2)c1. The van der Waals surface area contributed by atoms with Crippen LogP contribution in [0.15, 0.2) is 54.6 Å². The van der Waals surface area contributed by atoms with E-state index in [-0.39, 0.29) is 17.1 Å². The van der Waals surface area contributed by atoms with Crippen molar-refractivity contribution in [3.63, 3.8) is 0 Å². The van der Waals surface area contributed by atoms with Crippen LogP contribution in [0.25, 0.3) is 0 Å². The van der Waals surface area contributed by atoms with Crippen LogP contribution in [0.2, 0.25) is 0 Å². The fourth-order valence-electron chi connectivity index (χ4n) is 3.01. The van der Waals surface area contributed by atoms with Gasteiger partial charge in [-0.1, -0.05) is 60.2 Å². The second-order valence-electron chi connectivity index (χ2n) is 6.64. The van der Waals surface area contributed by atoms with Gasteiger partial charge in [-0.15, -0.1) is 0 Å². The van der Waals surface area contributed by atoms with Crippen molar-refractivity contribution >= 4 is 16.7 Å². The molecular weight excluding hydrogens is 318 g/mol. The Bertz CT molecular complexity index is 738. The summed E-state index contributed by atoms with van der Waals surface area (Å²) in [5.74, 6) is 0.376. The van der Waals surface area contributed by atoms with E-state index < -0.39 is 10.8 Å². The van der Waals surface area contributed by atoms with Gasteiger partial charge in [0, 0.05) is 28.5 Å². The lowest BCUT2D eigenvalue weighted by atomic mass is 9.96. The Kier molecular flexibility index (Phi) is 5.14. The van der Waals surface area contributed by atoms with Gasteiger partial charge < -0.3 is 5.32 Å². The Balaban J connectivity index is 1.48. The first-order valence-corrected chi connectivity index (χ1v) is 9.79. The summed E-state index contributed by atoms with van der Waals surface area (Å²) in [4.78, 5) is 12.1. The number of nitrogens with one attached hydrogen (secondary N) is 1. The maximum atomic E-state index is 12.2. The highest BCUT2D eigenvalue weighted by atomic mass is 32.2. The number of amides is 1. The van der Waals surface area contributed by atoms with Crippen LogP contribution >= 0.6 is 0 Å². The fraction of sp³-hybridized carbons (Fsp3) is 0.350. The van der Waals surface area contributed by atoms with Crippen LogP contribution in [0.1, 0.15) is 29.5 Å². The molecule has 1 unspecified atom stereocenters. The standard InChI is InChI=1S/C20H23NO2S/c1-16-6-5-7-17(12-16)13-24(23)14-19(22)21-15-20(10-11-20)18-8-3-2-4-9-18/h2-9,12H,10-11,13-15H2,1H3,(H,21,22). The minimum atomic E-state index is -1.17. The molecule has 1 saturated carbocycles. The monoisotopic (exact) mass is 341 g/mol. The van der Waals surface area contributed by atoms with E-state index in [0.29, 0.717) is 12.3 Å². The van der Waals surface area contributed by atoms with Crippen molar-refractivity contribution in [1.82, 2.24) is 5.32 Å². The summed E-state index contributed by atoms with van der Waals surface area (Å²) in [5.41, 5.74) is 3.54. The molecule has 1 atom stereocenters. The lowest BCUT2D eigenvalue weighted by Gasteiger charge is -2.16. The topological polar surface area (TPSA) is 46.2 Å². The van der Waals surface area contributed by atoms with E-state index in [0.717, 1.165) is 24.0 Å². The molecule has 1 aliphatic rings. The summed E-state index contributed by atoms with van der Waals surface area (Å²) in [7, 11) is -1.17. The number of carbonyl (C=O) groups is 1. The van der Waals surface area contributed by atoms with E-state index in [9.17, 15) is 9.00 Å². The predicted molar refractivity (Wildman–Crippen MR) is 98.3 cm³/mol. The van der Waals surface area contributed by atoms with Crippen LogP contribution in [0.3, 0.4) is 0 Å². The van der Waals surface area contributed by atoms with Gasteiger partial charge in [0.2, 0.25) is 5.91 Å². The van der Waals surface area contributed by atoms with E-state index in [4.69, 9.17) is 0 Å². The van der Waals surface area contributed by atoms with Gasteiger partial charge in [0.15, 0.2) is 0 Å². The van der Waals surface area contributed by atoms with Crippen LogP contribution in [-0.2, 0) is 26.8 Å². The highest BCUT2D eigenvalue weighted by Gasteiger charge is 2.44. The Morgan fingerprint density at radius 3 is 2.54 bits per heavy atom. The number of rotatable bonds is 7. The van der Waals surface area contributed by atoms with Crippen molar-refractivity contribution in [2.45, 2.75) is 30.9 Å². The number of benzene rings is 2. The van der Waals surface area contributed by atoms with Crippen LogP contribution in [0, 0.1) is 6.92 Å². The van der Waals surface area contributed by atoms with Gasteiger partial charge in [-0.2, -0.15) is 0 Å². The van der Waals surface area contributed by atoms with Crippen molar-refractivity contribution in [3.05, 3.63) is 71.3 Å². The number of aryl methyl sites for hydroxylation is 1. The maximum absolute atomic E-state index is 12.2. The zero-order valence-corrected chi connectivity index (χ0v) is 14.8. The van der Waals surface area contributed by atoms with Crippen LogP contribution < -0.4 is 5.32 Å². The van der Waals surface area contributed by atoms with Gasteiger partial charge in [0.25, 0.3) is 0 Å². The minimum absolute atomic E-state index is 0.0683. The number of hydrogen-bond acceptors (Lipinski definition) is 2. The maximum Gasteiger partial charge on any atom is 0.232 e. The van der Waals surface area contributed by atoms with Gasteiger partial charge in [0.05, 0.1) is 0 Å². The molecule has 0 aliphatic heterocycles. The van der Waals surface area contributed by atoms with Gasteiger partial charge in [-0.05, 0) is 30.9 Å². The lowest BCUT2D eigenvalue weighted by Crippen LogP contribution is -2.35. The average molecular weight is 341 g/mol. The number of carbonyl (C=O) groups excluding carboxylic acids is 1. The Morgan fingerprint density at radius 1 is 1.12 bits per heavy atom. The molecule has 0 radical (unpaired) electrons. The van der Waals surface area contributed by atoms with E-state index in [1.54, 1.807) is 0 Å². The zero-order chi connectivity index (χ0) is 17.0. The third-order valence-corrected chi connectivity index (χ3v) is 5.81. The third kappa shape index (κ3) is 4.32. The summed E-state index contributed by atoms with van der Waals surface area (Å²) in [5, 5.41) is 2.98. The first-order chi connectivity index (χ1) is 11.6. The molecule has 0 bridgehead atoms. The van der Waals surface area contributed by atoms with Crippen molar-refractivity contribution in [2.24, 2.45) is 0 Å². The molecule has 1 aliphatic carbocycles. The van der Waals surface area contributed by atoms with Crippen molar-refractivity contribution in [3.8, 4) is 0 Å². The molecule has 4 heteroatoms. The lowest BCUT2D eigenvalue weighted by molar-refractivity contribution is -0.118. The van der Waals surface area contributed by atoms with Gasteiger partial charge in [0.1, 0.15) is 5.75 Å². The van der Waals surface area contributed by atoms with E-state index in [1.807, 2.05) is 49.4 Å². The van der Waals surface area contributed by atoms with Gasteiger partial charge in [-0.3, -0.25) is 9.00 Å². The molecule has 2 aromatic carbocycles. The molecule has 0 aromatic heterocycles. The molecular formula is C20H23NO2S. The molecule has 0 spiro atoms. The number of hydrogen-bond donors (Lipinski definition) is 1. The normalized spacial score (nSPS) is 16.4. The van der Waals surface area contributed by atoms with Crippen molar-refractivity contribution < 1.29 is 9.00 Å². The van der Waals surface area contributed by atoms with Crippen LogP contribution in [-0.4, -0.2) is 22.4 Å². The van der Waals surface area contributed by atoms with Crippen molar-refractivity contribution in [2.75, 3.05) is 12.3 Å². The Hall–Kier alpha value is -1.94. The summed E-state index contributed by atoms with van der Waals surface area (Å²) < 4.78 is 12.2. The second kappa shape index (κ2) is 7.31. The first kappa shape index (κ1) is 16.9. The molecule has 1 N–H and O–H groups in total. The first-order valence-electron chi connectivity index (χ1n) is 8.30. The Labute approximate surface area is 145 Å². The molecule has 1 fully saturated rings. The van der Waals surface area contributed by atoms with E-state index in [1.165, 1.54) is 5.56 Å². The highest BCUT2D eigenvalue weighted by molar-refractivity contribution is 7.84. The van der Waals surface area contributed by atoms with E-state index in [2.05, 4.69) is 17.4 Å². The summed E-state index contributed by atoms with van der Waals surface area (Å²) in [6.07, 6.45) is 2.20. The van der Waals surface area contributed by atoms with Gasteiger partial charge >= 0.3 is 0 Å². The Morgan fingerprint density at radius 2 is 1.88 bits per heavy atom. The quantitative estimate of drug-likeness (QED) is 0.841.